The van der Waals surface area contributed by atoms with Crippen LogP contribution in [0.4, 0.5) is 10.5 Å². The van der Waals surface area contributed by atoms with Crippen molar-refractivity contribution in [3.63, 3.8) is 0 Å². The number of hydrogen-bond acceptors (Lipinski definition) is 13. The zero-order valence-corrected chi connectivity index (χ0v) is 28.7. The number of benzene rings is 3. The topological polar surface area (TPSA) is 271 Å². The molecule has 0 aliphatic heterocycles. The van der Waals surface area contributed by atoms with Crippen LogP contribution in [0.3, 0.4) is 0 Å². The first kappa shape index (κ1) is 41.5. The summed E-state index contributed by atoms with van der Waals surface area (Å²) < 4.78 is 15.4. The van der Waals surface area contributed by atoms with Crippen LogP contribution in [0.25, 0.3) is 0 Å². The second-order valence-electron chi connectivity index (χ2n) is 11.2. The van der Waals surface area contributed by atoms with Gasteiger partial charge in [0, 0.05) is 18.6 Å². The lowest BCUT2D eigenvalue weighted by Crippen LogP contribution is -2.53. The van der Waals surface area contributed by atoms with Crippen molar-refractivity contribution in [1.82, 2.24) is 26.6 Å². The minimum atomic E-state index is -1.52. The van der Waals surface area contributed by atoms with Gasteiger partial charge >= 0.3 is 18.0 Å². The summed E-state index contributed by atoms with van der Waals surface area (Å²) in [5.41, 5.74) is 1.21. The highest BCUT2D eigenvalue weighted by atomic mass is 16.6. The number of nitrogens with zero attached hydrogens (tertiary/aromatic N) is 1. The molecule has 0 aromatic heterocycles. The van der Waals surface area contributed by atoms with Crippen LogP contribution < -0.4 is 31.3 Å². The Balaban J connectivity index is 1.43. The number of aliphatic hydroxyl groups excluding tert-OH is 1. The number of amides is 5. The average Bonchev–Trinajstić information content (AvgIpc) is 3.18. The van der Waals surface area contributed by atoms with Gasteiger partial charge in [-0.25, -0.2) is 9.59 Å². The molecule has 19 heteroatoms. The number of nitrogens with one attached hydrogen (secondary N) is 5. The van der Waals surface area contributed by atoms with E-state index >= 15 is 0 Å². The van der Waals surface area contributed by atoms with Gasteiger partial charge in [-0.15, -0.1) is 0 Å². The molecule has 3 aromatic carbocycles. The molecule has 0 saturated heterocycles. The summed E-state index contributed by atoms with van der Waals surface area (Å²) in [4.78, 5) is 97.1. The zero-order chi connectivity index (χ0) is 39.3. The first-order valence-electron chi connectivity index (χ1n) is 16.3. The summed E-state index contributed by atoms with van der Waals surface area (Å²) in [7, 11) is 0. The smallest absolute Gasteiger partial charge is 0.408 e. The summed E-state index contributed by atoms with van der Waals surface area (Å²) >= 11 is 0. The third kappa shape index (κ3) is 15.6. The van der Waals surface area contributed by atoms with Gasteiger partial charge in [0.15, 0.2) is 0 Å². The van der Waals surface area contributed by atoms with E-state index in [2.05, 4.69) is 26.6 Å². The third-order valence-electron chi connectivity index (χ3n) is 7.09. The van der Waals surface area contributed by atoms with Crippen LogP contribution in [0.15, 0.2) is 84.9 Å². The number of ether oxygens (including phenoxy) is 3. The van der Waals surface area contributed by atoms with E-state index in [1.165, 1.54) is 12.1 Å². The SMILES string of the molecule is O=C(CNC(=O)[C@@H](CCC(=O)OCc1ccccc1)NC(=O)OCc1ccccc1)NCC(=O)N[C@H](CO)C(=O)NCC(=O)Oc1ccc([N+](=O)[O-])cc1. The third-order valence-corrected chi connectivity index (χ3v) is 7.09. The van der Waals surface area contributed by atoms with Crippen LogP contribution in [0.2, 0.25) is 0 Å². The molecule has 0 aliphatic carbocycles. The quantitative estimate of drug-likeness (QED) is 0.0389. The second kappa shape index (κ2) is 22.1. The van der Waals surface area contributed by atoms with E-state index in [4.69, 9.17) is 14.2 Å². The number of aliphatic hydroxyl groups is 1. The minimum Gasteiger partial charge on any atom is -0.461 e. The van der Waals surface area contributed by atoms with E-state index in [0.717, 1.165) is 17.7 Å². The molecule has 6 N–H and O–H groups in total. The molecule has 0 spiro atoms. The normalized spacial score (nSPS) is 11.4. The van der Waals surface area contributed by atoms with Crippen molar-refractivity contribution in [2.45, 2.75) is 38.1 Å². The number of nitro groups is 1. The first-order valence-corrected chi connectivity index (χ1v) is 16.3. The standard InChI is InChI=1S/C35H38N6O13/c42-20-28(34(48)38-19-32(46)54-26-13-11-25(12-14-26)41(50)51)39-30(44)18-36-29(43)17-37-33(47)27(40-35(49)53-22-24-9-5-2-6-10-24)15-16-31(45)52-21-23-7-3-1-4-8-23/h1-14,27-28,42H,15-22H2,(H,36,43)(H,37,47)(H,38,48)(H,39,44)(H,40,49)/t27-,28-/m1/s1. The molecular formula is C35H38N6O13. The average molecular weight is 751 g/mol. The van der Waals surface area contributed by atoms with Crippen LogP contribution >= 0.6 is 0 Å². The lowest BCUT2D eigenvalue weighted by Gasteiger charge is -2.18. The summed E-state index contributed by atoms with van der Waals surface area (Å²) in [6.45, 7) is -2.97. The lowest BCUT2D eigenvalue weighted by atomic mass is 10.1. The molecule has 3 rings (SSSR count). The van der Waals surface area contributed by atoms with Gasteiger partial charge in [0.25, 0.3) is 5.69 Å². The van der Waals surface area contributed by atoms with Crippen LogP contribution in [-0.4, -0.2) is 90.0 Å². The molecule has 5 amide bonds. The molecule has 0 heterocycles. The fourth-order valence-electron chi connectivity index (χ4n) is 4.31. The molecule has 0 aliphatic rings. The van der Waals surface area contributed by atoms with Crippen LogP contribution in [0, 0.1) is 10.1 Å². The van der Waals surface area contributed by atoms with Crippen molar-refractivity contribution in [3.05, 3.63) is 106 Å². The van der Waals surface area contributed by atoms with Gasteiger partial charge in [0.2, 0.25) is 23.6 Å². The fourth-order valence-corrected chi connectivity index (χ4v) is 4.31. The Labute approximate surface area is 307 Å². The van der Waals surface area contributed by atoms with Gasteiger partial charge in [-0.05, 0) is 29.7 Å². The number of carbonyl (C=O) groups is 7. The molecule has 54 heavy (non-hydrogen) atoms. The van der Waals surface area contributed by atoms with E-state index in [0.29, 0.717) is 5.56 Å². The Morgan fingerprint density at radius 3 is 1.80 bits per heavy atom. The van der Waals surface area contributed by atoms with Crippen LogP contribution in [0.1, 0.15) is 24.0 Å². The highest BCUT2D eigenvalue weighted by Crippen LogP contribution is 2.17. The molecular weight excluding hydrogens is 712 g/mol. The number of alkyl carbamates (subject to hydrolysis) is 1. The highest BCUT2D eigenvalue weighted by molar-refractivity contribution is 5.93. The Morgan fingerprint density at radius 1 is 0.648 bits per heavy atom. The van der Waals surface area contributed by atoms with Crippen molar-refractivity contribution >= 4 is 47.3 Å². The summed E-state index contributed by atoms with van der Waals surface area (Å²) in [6, 6.07) is 19.4. The molecule has 286 valence electrons. The Morgan fingerprint density at radius 2 is 1.20 bits per heavy atom. The number of carbonyl (C=O) groups excluding carboxylic acids is 7. The maximum Gasteiger partial charge on any atom is 0.408 e. The molecule has 0 unspecified atom stereocenters. The largest absolute Gasteiger partial charge is 0.461 e. The monoisotopic (exact) mass is 750 g/mol. The summed E-state index contributed by atoms with van der Waals surface area (Å²) in [5.74, 6) is -5.17. The lowest BCUT2D eigenvalue weighted by molar-refractivity contribution is -0.384. The molecule has 3 aromatic rings. The van der Waals surface area contributed by atoms with Gasteiger partial charge in [0.1, 0.15) is 37.6 Å². The number of esters is 2. The molecule has 0 saturated carbocycles. The van der Waals surface area contributed by atoms with E-state index < -0.39 is 84.9 Å². The predicted molar refractivity (Wildman–Crippen MR) is 186 cm³/mol. The summed E-state index contributed by atoms with van der Waals surface area (Å²) in [5, 5.41) is 31.5. The second-order valence-corrected chi connectivity index (χ2v) is 11.2. The van der Waals surface area contributed by atoms with E-state index in [1.54, 1.807) is 60.7 Å². The molecule has 0 bridgehead atoms. The van der Waals surface area contributed by atoms with Crippen molar-refractivity contribution < 1.29 is 57.8 Å². The first-order chi connectivity index (χ1) is 25.9. The van der Waals surface area contributed by atoms with Gasteiger partial charge in [-0.3, -0.25) is 34.1 Å². The van der Waals surface area contributed by atoms with Gasteiger partial charge < -0.3 is 45.9 Å². The number of non-ortho nitro benzene ring substituents is 1. The molecule has 19 nitrogen and oxygen atoms in total. The summed E-state index contributed by atoms with van der Waals surface area (Å²) in [6.07, 6.45) is -1.43. The fraction of sp³-hybridized carbons (Fsp3) is 0.286. The highest BCUT2D eigenvalue weighted by Gasteiger charge is 2.25. The van der Waals surface area contributed by atoms with Gasteiger partial charge in [-0.2, -0.15) is 0 Å². The van der Waals surface area contributed by atoms with Crippen LogP contribution in [0.5, 0.6) is 5.75 Å². The van der Waals surface area contributed by atoms with E-state index in [-0.39, 0.29) is 37.5 Å². The number of nitro benzene ring substituents is 1. The Hall–Kier alpha value is -6.89. The maximum atomic E-state index is 13.0. The minimum absolute atomic E-state index is 0.00131. The maximum absolute atomic E-state index is 13.0. The van der Waals surface area contributed by atoms with Crippen molar-refractivity contribution in [1.29, 1.82) is 0 Å². The van der Waals surface area contributed by atoms with E-state index in [9.17, 15) is 48.8 Å². The molecule has 0 radical (unpaired) electrons. The van der Waals surface area contributed by atoms with Crippen molar-refractivity contribution in [2.24, 2.45) is 0 Å². The Kier molecular flexibility index (Phi) is 17.0. The number of hydrogen-bond donors (Lipinski definition) is 6. The molecule has 2 atom stereocenters. The van der Waals surface area contributed by atoms with Crippen molar-refractivity contribution in [2.75, 3.05) is 26.2 Å². The molecule has 0 fully saturated rings. The van der Waals surface area contributed by atoms with Crippen molar-refractivity contribution in [3.8, 4) is 5.75 Å². The van der Waals surface area contributed by atoms with E-state index in [1.807, 2.05) is 0 Å². The predicted octanol–water partition coefficient (Wildman–Crippen LogP) is 0.145. The van der Waals surface area contributed by atoms with Crippen LogP contribution in [-0.2, 0) is 51.5 Å². The zero-order valence-electron chi connectivity index (χ0n) is 28.7. The number of rotatable bonds is 20. The van der Waals surface area contributed by atoms with Gasteiger partial charge in [-0.1, -0.05) is 60.7 Å². The van der Waals surface area contributed by atoms with Gasteiger partial charge in [0.05, 0.1) is 24.6 Å². The Bertz CT molecular complexity index is 1760.